The number of hydrogen-bond donors (Lipinski definition) is 2. The lowest BCUT2D eigenvalue weighted by atomic mass is 9.88. The Bertz CT molecular complexity index is 630. The minimum Gasteiger partial charge on any atom is -0.315 e. The van der Waals surface area contributed by atoms with Gasteiger partial charge in [-0.25, -0.2) is 0 Å². The van der Waals surface area contributed by atoms with Gasteiger partial charge in [-0.3, -0.25) is 0 Å². The first kappa shape index (κ1) is 23.4. The van der Waals surface area contributed by atoms with Crippen LogP contribution in [0.3, 0.4) is 0 Å². The van der Waals surface area contributed by atoms with Gasteiger partial charge in [0.05, 0.1) is 0 Å². The Hall–Kier alpha value is -1.29. The van der Waals surface area contributed by atoms with Crippen LogP contribution in [0.1, 0.15) is 62.0 Å². The fourth-order valence-corrected chi connectivity index (χ4v) is 5.20. The van der Waals surface area contributed by atoms with Crippen molar-refractivity contribution in [2.45, 2.75) is 56.9 Å². The van der Waals surface area contributed by atoms with Gasteiger partial charge < -0.3 is 10.6 Å². The van der Waals surface area contributed by atoms with Gasteiger partial charge in [-0.1, -0.05) is 79.9 Å². The van der Waals surface area contributed by atoms with E-state index >= 15 is 0 Å². The van der Waals surface area contributed by atoms with E-state index in [2.05, 4.69) is 77.6 Å². The molecule has 1 atom stereocenters. The van der Waals surface area contributed by atoms with Crippen molar-refractivity contribution in [3.05, 3.63) is 71.8 Å². The second-order valence-electron chi connectivity index (χ2n) is 8.76. The molecule has 2 aromatic carbocycles. The fraction of sp³-hybridized carbons (Fsp3) is 0.556. The van der Waals surface area contributed by atoms with Crippen LogP contribution in [-0.2, 0) is 0 Å². The summed E-state index contributed by atoms with van der Waals surface area (Å²) in [5.41, 5.74) is 2.83. The molecule has 0 bridgehead atoms. The minimum absolute atomic E-state index is 0.458. The molecule has 1 fully saturated rings. The van der Waals surface area contributed by atoms with Crippen LogP contribution in [0.2, 0.25) is 0 Å². The van der Waals surface area contributed by atoms with Crippen LogP contribution in [0.4, 0.5) is 0 Å². The Balaban J connectivity index is 1.48. The summed E-state index contributed by atoms with van der Waals surface area (Å²) in [6.45, 7) is 3.33. The summed E-state index contributed by atoms with van der Waals surface area (Å²) in [5, 5.41) is 7.68. The van der Waals surface area contributed by atoms with Crippen LogP contribution in [0.25, 0.3) is 0 Å². The molecule has 1 aliphatic rings. The quantitative estimate of drug-likeness (QED) is 0.380. The molecule has 1 aliphatic carbocycles. The summed E-state index contributed by atoms with van der Waals surface area (Å²) in [7, 11) is 0. The zero-order valence-corrected chi connectivity index (χ0v) is 19.5. The van der Waals surface area contributed by atoms with E-state index in [0.29, 0.717) is 12.0 Å². The number of hydrogen-bond acceptors (Lipinski definition) is 3. The Morgan fingerprint density at radius 1 is 0.867 bits per heavy atom. The van der Waals surface area contributed by atoms with E-state index in [-0.39, 0.29) is 0 Å². The van der Waals surface area contributed by atoms with Gasteiger partial charge in [0.25, 0.3) is 0 Å². The zero-order chi connectivity index (χ0) is 20.9. The largest absolute Gasteiger partial charge is 0.315 e. The Morgan fingerprint density at radius 2 is 1.50 bits per heavy atom. The highest BCUT2D eigenvalue weighted by molar-refractivity contribution is 7.98. The minimum atomic E-state index is 0.458. The lowest BCUT2D eigenvalue weighted by Crippen LogP contribution is -2.42. The van der Waals surface area contributed by atoms with Crippen molar-refractivity contribution in [1.29, 1.82) is 0 Å². The molecule has 2 N–H and O–H groups in total. The van der Waals surface area contributed by atoms with E-state index in [4.69, 9.17) is 0 Å². The standard InChI is InChI=1S/C27H40N2S/c1-30-20-18-26(29-21-23-11-5-2-6-12-23)22-28-19-17-27(24-13-7-3-8-14-24)25-15-9-4-10-16-25/h3-4,7-10,13-16,23,26-29H,2,5-6,11-12,17-22H2,1H3. The van der Waals surface area contributed by atoms with E-state index in [1.54, 1.807) is 0 Å². The third-order valence-electron chi connectivity index (χ3n) is 6.49. The van der Waals surface area contributed by atoms with E-state index < -0.39 is 0 Å². The lowest BCUT2D eigenvalue weighted by molar-refractivity contribution is 0.321. The highest BCUT2D eigenvalue weighted by Crippen LogP contribution is 2.27. The highest BCUT2D eigenvalue weighted by atomic mass is 32.2. The lowest BCUT2D eigenvalue weighted by Gasteiger charge is -2.26. The van der Waals surface area contributed by atoms with Gasteiger partial charge in [-0.15, -0.1) is 0 Å². The molecule has 164 valence electrons. The molecule has 0 radical (unpaired) electrons. The molecule has 1 unspecified atom stereocenters. The summed E-state index contributed by atoms with van der Waals surface area (Å²) in [4.78, 5) is 0. The molecule has 3 rings (SSSR count). The maximum atomic E-state index is 3.90. The molecule has 30 heavy (non-hydrogen) atoms. The normalized spacial score (nSPS) is 16.1. The SMILES string of the molecule is CSCCC(CNCCC(c1ccccc1)c1ccccc1)NCC1CCCCC1. The number of benzene rings is 2. The summed E-state index contributed by atoms with van der Waals surface area (Å²) >= 11 is 1.96. The molecule has 0 heterocycles. The molecule has 0 spiro atoms. The van der Waals surface area contributed by atoms with Gasteiger partial charge in [-0.2, -0.15) is 11.8 Å². The van der Waals surface area contributed by atoms with Gasteiger partial charge in [0.15, 0.2) is 0 Å². The molecule has 0 amide bonds. The second-order valence-corrected chi connectivity index (χ2v) is 9.74. The molecule has 2 nitrogen and oxygen atoms in total. The third-order valence-corrected chi connectivity index (χ3v) is 7.14. The summed E-state index contributed by atoms with van der Waals surface area (Å²) in [5.74, 6) is 2.59. The summed E-state index contributed by atoms with van der Waals surface area (Å²) in [6, 6.07) is 22.5. The first-order valence-electron chi connectivity index (χ1n) is 11.9. The summed E-state index contributed by atoms with van der Waals surface area (Å²) < 4.78 is 0. The molecular formula is C27H40N2S. The van der Waals surface area contributed by atoms with Crippen molar-refractivity contribution < 1.29 is 0 Å². The van der Waals surface area contributed by atoms with Crippen molar-refractivity contribution in [3.63, 3.8) is 0 Å². The Kier molecular flexibility index (Phi) is 10.8. The van der Waals surface area contributed by atoms with Crippen LogP contribution >= 0.6 is 11.8 Å². The third kappa shape index (κ3) is 8.09. The number of thioether (sulfide) groups is 1. The van der Waals surface area contributed by atoms with Gasteiger partial charge >= 0.3 is 0 Å². The molecule has 2 aromatic rings. The molecule has 1 saturated carbocycles. The average molecular weight is 425 g/mol. The highest BCUT2D eigenvalue weighted by Gasteiger charge is 2.17. The van der Waals surface area contributed by atoms with Gasteiger partial charge in [0.1, 0.15) is 0 Å². The topological polar surface area (TPSA) is 24.1 Å². The van der Waals surface area contributed by atoms with Gasteiger partial charge in [0.2, 0.25) is 0 Å². The monoisotopic (exact) mass is 424 g/mol. The van der Waals surface area contributed by atoms with Crippen molar-refractivity contribution >= 4 is 11.8 Å². The second kappa shape index (κ2) is 13.9. The molecular weight excluding hydrogens is 384 g/mol. The van der Waals surface area contributed by atoms with Crippen LogP contribution in [-0.4, -0.2) is 37.7 Å². The van der Waals surface area contributed by atoms with E-state index in [1.165, 1.54) is 61.9 Å². The van der Waals surface area contributed by atoms with Crippen molar-refractivity contribution in [3.8, 4) is 0 Å². The first-order chi connectivity index (χ1) is 14.9. The van der Waals surface area contributed by atoms with Crippen molar-refractivity contribution in [1.82, 2.24) is 10.6 Å². The smallest absolute Gasteiger partial charge is 0.0200 e. The van der Waals surface area contributed by atoms with Gasteiger partial charge in [0, 0.05) is 18.5 Å². The first-order valence-corrected chi connectivity index (χ1v) is 13.3. The van der Waals surface area contributed by atoms with Crippen LogP contribution in [0, 0.1) is 5.92 Å². The van der Waals surface area contributed by atoms with Crippen LogP contribution < -0.4 is 10.6 Å². The average Bonchev–Trinajstić information content (AvgIpc) is 2.82. The van der Waals surface area contributed by atoms with E-state index in [1.807, 2.05) is 11.8 Å². The van der Waals surface area contributed by atoms with Gasteiger partial charge in [-0.05, 0) is 67.8 Å². The Morgan fingerprint density at radius 3 is 2.10 bits per heavy atom. The Labute approximate surface area is 188 Å². The molecule has 0 aliphatic heterocycles. The van der Waals surface area contributed by atoms with Crippen molar-refractivity contribution in [2.75, 3.05) is 31.6 Å². The van der Waals surface area contributed by atoms with Crippen molar-refractivity contribution in [2.24, 2.45) is 5.92 Å². The maximum absolute atomic E-state index is 3.90. The van der Waals surface area contributed by atoms with Crippen LogP contribution in [0.5, 0.6) is 0 Å². The number of rotatable bonds is 13. The van der Waals surface area contributed by atoms with E-state index in [0.717, 1.165) is 25.4 Å². The predicted molar refractivity (Wildman–Crippen MR) is 134 cm³/mol. The molecule has 0 aromatic heterocycles. The fourth-order valence-electron chi connectivity index (χ4n) is 4.68. The molecule has 0 saturated heterocycles. The van der Waals surface area contributed by atoms with Crippen LogP contribution in [0.15, 0.2) is 60.7 Å². The summed E-state index contributed by atoms with van der Waals surface area (Å²) in [6.07, 6.45) is 11.7. The van der Waals surface area contributed by atoms with E-state index in [9.17, 15) is 0 Å². The molecule has 3 heteroatoms. The maximum Gasteiger partial charge on any atom is 0.0200 e. The predicted octanol–water partition coefficient (Wildman–Crippen LogP) is 6.09. The zero-order valence-electron chi connectivity index (χ0n) is 18.7. The number of nitrogens with one attached hydrogen (secondary N) is 2.